The van der Waals surface area contributed by atoms with E-state index < -0.39 is 0 Å². The predicted molar refractivity (Wildman–Crippen MR) is 68.1 cm³/mol. The molecule has 1 aliphatic rings. The summed E-state index contributed by atoms with van der Waals surface area (Å²) in [5.41, 5.74) is 2.55. The predicted octanol–water partition coefficient (Wildman–Crippen LogP) is 2.87. The normalized spacial score (nSPS) is 19.4. The first-order chi connectivity index (χ1) is 7.50. The first kappa shape index (κ1) is 11.7. The second-order valence-corrected chi connectivity index (χ2v) is 6.22. The van der Waals surface area contributed by atoms with Gasteiger partial charge in [-0.15, -0.1) is 0 Å². The van der Waals surface area contributed by atoms with Gasteiger partial charge >= 0.3 is 0 Å². The van der Waals surface area contributed by atoms with Crippen LogP contribution in [0, 0.1) is 0 Å². The Morgan fingerprint density at radius 2 is 2.25 bits per heavy atom. The van der Waals surface area contributed by atoms with Gasteiger partial charge in [0.05, 0.1) is 12.3 Å². The highest BCUT2D eigenvalue weighted by atomic mass is 32.2. The number of pyridine rings is 1. The molecule has 1 aliphatic heterocycles. The highest BCUT2D eigenvalue weighted by Crippen LogP contribution is 2.38. The summed E-state index contributed by atoms with van der Waals surface area (Å²) < 4.78 is 5.14. The van der Waals surface area contributed by atoms with Crippen LogP contribution in [-0.2, 0) is 10.2 Å². The summed E-state index contributed by atoms with van der Waals surface area (Å²) in [4.78, 5) is 4.50. The lowest BCUT2D eigenvalue weighted by atomic mass is 9.88. The van der Waals surface area contributed by atoms with E-state index in [4.69, 9.17) is 4.74 Å². The van der Waals surface area contributed by atoms with E-state index in [9.17, 15) is 0 Å². The number of aromatic nitrogens is 1. The van der Waals surface area contributed by atoms with Gasteiger partial charge in [-0.1, -0.05) is 32.5 Å². The van der Waals surface area contributed by atoms with Crippen molar-refractivity contribution in [3.05, 3.63) is 17.8 Å². The highest BCUT2D eigenvalue weighted by molar-refractivity contribution is 8.00. The monoisotopic (exact) mass is 238 g/mol. The standard InChI is InChI=1S/C12H18N2OS/c1-12(2,3)8-5-9-11(13-6-8)16-10(14-9)7-15-4/h5-6,10,14H,7H2,1-4H3. The second kappa shape index (κ2) is 4.26. The average molecular weight is 238 g/mol. The van der Waals surface area contributed by atoms with Crippen molar-refractivity contribution in [2.45, 2.75) is 36.6 Å². The van der Waals surface area contributed by atoms with Crippen LogP contribution >= 0.6 is 11.8 Å². The molecule has 16 heavy (non-hydrogen) atoms. The molecule has 1 aromatic rings. The number of anilines is 1. The molecule has 0 aromatic carbocycles. The number of nitrogens with zero attached hydrogens (tertiary/aromatic N) is 1. The molecule has 3 nitrogen and oxygen atoms in total. The number of nitrogens with one attached hydrogen (secondary N) is 1. The van der Waals surface area contributed by atoms with E-state index in [0.29, 0.717) is 12.0 Å². The summed E-state index contributed by atoms with van der Waals surface area (Å²) in [5.74, 6) is 0. The van der Waals surface area contributed by atoms with Gasteiger partial charge in [-0.2, -0.15) is 0 Å². The Morgan fingerprint density at radius 3 is 2.88 bits per heavy atom. The molecular weight excluding hydrogens is 220 g/mol. The average Bonchev–Trinajstić information content (AvgIpc) is 2.57. The minimum Gasteiger partial charge on any atom is -0.382 e. The number of methoxy groups -OCH3 is 1. The van der Waals surface area contributed by atoms with Gasteiger partial charge in [0.2, 0.25) is 0 Å². The van der Waals surface area contributed by atoms with Gasteiger partial charge in [-0.05, 0) is 17.0 Å². The molecule has 0 saturated heterocycles. The van der Waals surface area contributed by atoms with E-state index in [0.717, 1.165) is 10.7 Å². The van der Waals surface area contributed by atoms with Crippen LogP contribution in [0.1, 0.15) is 26.3 Å². The van der Waals surface area contributed by atoms with Crippen LogP contribution in [0.5, 0.6) is 0 Å². The van der Waals surface area contributed by atoms with Crippen LogP contribution < -0.4 is 5.32 Å². The van der Waals surface area contributed by atoms with Gasteiger partial charge in [-0.25, -0.2) is 4.98 Å². The Hall–Kier alpha value is -0.740. The van der Waals surface area contributed by atoms with Gasteiger partial charge in [0.15, 0.2) is 0 Å². The van der Waals surface area contributed by atoms with E-state index in [-0.39, 0.29) is 5.41 Å². The van der Waals surface area contributed by atoms with Crippen LogP contribution in [0.15, 0.2) is 17.3 Å². The van der Waals surface area contributed by atoms with Crippen molar-refractivity contribution in [3.8, 4) is 0 Å². The Balaban J connectivity index is 2.21. The quantitative estimate of drug-likeness (QED) is 0.859. The first-order valence-corrected chi connectivity index (χ1v) is 6.31. The van der Waals surface area contributed by atoms with Crippen LogP contribution in [0.3, 0.4) is 0 Å². The van der Waals surface area contributed by atoms with Gasteiger partial charge in [0.1, 0.15) is 10.4 Å². The molecule has 1 N–H and O–H groups in total. The maximum Gasteiger partial charge on any atom is 0.121 e. The third-order valence-electron chi connectivity index (χ3n) is 2.61. The molecule has 88 valence electrons. The largest absolute Gasteiger partial charge is 0.382 e. The lowest BCUT2D eigenvalue weighted by Crippen LogP contribution is -2.16. The summed E-state index contributed by atoms with van der Waals surface area (Å²) in [6, 6.07) is 2.20. The summed E-state index contributed by atoms with van der Waals surface area (Å²) in [6.45, 7) is 7.30. The number of hydrogen-bond acceptors (Lipinski definition) is 4. The van der Waals surface area contributed by atoms with Crippen molar-refractivity contribution in [2.24, 2.45) is 0 Å². The fourth-order valence-electron chi connectivity index (χ4n) is 1.62. The third kappa shape index (κ3) is 2.33. The zero-order chi connectivity index (χ0) is 11.8. The van der Waals surface area contributed by atoms with E-state index >= 15 is 0 Å². The van der Waals surface area contributed by atoms with Crippen molar-refractivity contribution in [2.75, 3.05) is 19.0 Å². The van der Waals surface area contributed by atoms with Gasteiger partial charge in [-0.3, -0.25) is 0 Å². The van der Waals surface area contributed by atoms with E-state index in [1.165, 1.54) is 5.56 Å². The molecule has 0 saturated carbocycles. The number of ether oxygens (including phenoxy) is 1. The Morgan fingerprint density at radius 1 is 1.50 bits per heavy atom. The Labute approximate surface area is 101 Å². The van der Waals surface area contributed by atoms with Gasteiger partial charge < -0.3 is 10.1 Å². The molecule has 2 heterocycles. The Kier molecular flexibility index (Phi) is 3.13. The zero-order valence-corrected chi connectivity index (χ0v) is 11.0. The van der Waals surface area contributed by atoms with E-state index in [1.54, 1.807) is 18.9 Å². The maximum absolute atomic E-state index is 5.14. The molecular formula is C12H18N2OS. The third-order valence-corrected chi connectivity index (χ3v) is 3.69. The first-order valence-electron chi connectivity index (χ1n) is 5.43. The molecule has 0 radical (unpaired) electrons. The van der Waals surface area contributed by atoms with Crippen molar-refractivity contribution in [3.63, 3.8) is 0 Å². The van der Waals surface area contributed by atoms with Crippen molar-refractivity contribution in [1.29, 1.82) is 0 Å². The molecule has 0 amide bonds. The molecule has 0 fully saturated rings. The minimum atomic E-state index is 0.147. The second-order valence-electron chi connectivity index (χ2n) is 5.03. The zero-order valence-electron chi connectivity index (χ0n) is 10.2. The van der Waals surface area contributed by atoms with Crippen LogP contribution in [0.25, 0.3) is 0 Å². The van der Waals surface area contributed by atoms with Crippen LogP contribution in [0.2, 0.25) is 0 Å². The topological polar surface area (TPSA) is 34.1 Å². The van der Waals surface area contributed by atoms with Crippen molar-refractivity contribution < 1.29 is 4.74 Å². The fourth-order valence-corrected chi connectivity index (χ4v) is 2.64. The molecule has 1 aromatic heterocycles. The molecule has 4 heteroatoms. The summed E-state index contributed by atoms with van der Waals surface area (Å²) in [7, 11) is 1.72. The summed E-state index contributed by atoms with van der Waals surface area (Å²) in [5, 5.41) is 4.80. The highest BCUT2D eigenvalue weighted by Gasteiger charge is 2.24. The van der Waals surface area contributed by atoms with E-state index in [1.807, 2.05) is 6.20 Å². The van der Waals surface area contributed by atoms with Crippen molar-refractivity contribution in [1.82, 2.24) is 4.98 Å². The smallest absolute Gasteiger partial charge is 0.121 e. The summed E-state index contributed by atoms with van der Waals surface area (Å²) in [6.07, 6.45) is 1.97. The molecule has 1 atom stereocenters. The lowest BCUT2D eigenvalue weighted by Gasteiger charge is -2.19. The molecule has 1 unspecified atom stereocenters. The number of rotatable bonds is 2. The minimum absolute atomic E-state index is 0.147. The van der Waals surface area contributed by atoms with Gasteiger partial charge in [0.25, 0.3) is 0 Å². The molecule has 0 bridgehead atoms. The van der Waals surface area contributed by atoms with E-state index in [2.05, 4.69) is 37.1 Å². The SMILES string of the molecule is COCC1Nc2cc(C(C)(C)C)cnc2S1. The maximum atomic E-state index is 5.14. The summed E-state index contributed by atoms with van der Waals surface area (Å²) >= 11 is 1.73. The van der Waals surface area contributed by atoms with Crippen LogP contribution in [0.4, 0.5) is 5.69 Å². The van der Waals surface area contributed by atoms with Crippen LogP contribution in [-0.4, -0.2) is 24.1 Å². The molecule has 0 spiro atoms. The lowest BCUT2D eigenvalue weighted by molar-refractivity contribution is 0.205. The van der Waals surface area contributed by atoms with Gasteiger partial charge in [0, 0.05) is 13.3 Å². The van der Waals surface area contributed by atoms with Crippen molar-refractivity contribution >= 4 is 17.4 Å². The molecule has 2 rings (SSSR count). The molecule has 0 aliphatic carbocycles. The Bertz CT molecular complexity index is 387. The number of hydrogen-bond donors (Lipinski definition) is 1. The fraction of sp³-hybridized carbons (Fsp3) is 0.583. The number of thioether (sulfide) groups is 1. The number of fused-ring (bicyclic) bond motifs is 1.